The molecule has 4 aliphatic carbocycles. The number of thiophene rings is 1. The van der Waals surface area contributed by atoms with Crippen molar-refractivity contribution in [1.82, 2.24) is 9.97 Å². The third kappa shape index (κ3) is 3.74. The Hall–Kier alpha value is -7.20. The van der Waals surface area contributed by atoms with Crippen LogP contribution in [-0.4, -0.2) is 9.97 Å². The van der Waals surface area contributed by atoms with Gasteiger partial charge in [-0.2, -0.15) is 0 Å². The van der Waals surface area contributed by atoms with Crippen LogP contribution in [0.25, 0.3) is 76.4 Å². The third-order valence-corrected chi connectivity index (χ3v) is 15.1. The van der Waals surface area contributed by atoms with Gasteiger partial charge in [0, 0.05) is 12.4 Å². The van der Waals surface area contributed by atoms with Crippen LogP contribution >= 0.6 is 11.3 Å². The molecule has 4 aliphatic rings. The molecule has 0 saturated carbocycles. The standard InChI is InChI=1S/C56H32N2S/c1-7-19-43-35(13-1)36-14-2-8-20-44(36)55(43)47-23-11-5-17-39(47)41-27-25-33(31-49(41)55)53-51-52(58-30-29-57-51)54(59-53)34-26-28-42-40-18-6-12-24-48(40)56(50(42)32-34)45-21-9-3-15-37(45)38-16-4-10-22-46(38)56/h1-32H. The monoisotopic (exact) mass is 764 g/mol. The molecule has 2 spiro atoms. The molecule has 0 bridgehead atoms. The van der Waals surface area contributed by atoms with Gasteiger partial charge in [-0.25, -0.2) is 0 Å². The number of benzene rings is 8. The third-order valence-electron chi connectivity index (χ3n) is 13.9. The summed E-state index contributed by atoms with van der Waals surface area (Å²) in [6, 6.07) is 68.4. The smallest absolute Gasteiger partial charge is 0.108 e. The molecular weight excluding hydrogens is 733 g/mol. The van der Waals surface area contributed by atoms with Crippen LogP contribution in [0.4, 0.5) is 0 Å². The highest BCUT2D eigenvalue weighted by atomic mass is 32.1. The van der Waals surface area contributed by atoms with Gasteiger partial charge in [0.25, 0.3) is 0 Å². The lowest BCUT2D eigenvalue weighted by atomic mass is 9.70. The first kappa shape index (κ1) is 31.8. The number of hydrogen-bond acceptors (Lipinski definition) is 3. The Labute approximate surface area is 345 Å². The fourth-order valence-corrected chi connectivity index (χ4v) is 12.9. The number of rotatable bonds is 2. The van der Waals surface area contributed by atoms with Crippen LogP contribution in [-0.2, 0) is 10.8 Å². The molecule has 2 heterocycles. The summed E-state index contributed by atoms with van der Waals surface area (Å²) in [7, 11) is 0. The van der Waals surface area contributed by atoms with E-state index >= 15 is 0 Å². The van der Waals surface area contributed by atoms with Gasteiger partial charge in [-0.15, -0.1) is 11.3 Å². The van der Waals surface area contributed by atoms with E-state index in [2.05, 4.69) is 182 Å². The van der Waals surface area contributed by atoms with Gasteiger partial charge in [0.1, 0.15) is 11.0 Å². The van der Waals surface area contributed by atoms with E-state index in [0.29, 0.717) is 0 Å². The Morgan fingerprint density at radius 2 is 0.559 bits per heavy atom. The fraction of sp³-hybridized carbons (Fsp3) is 0.0357. The Kier molecular flexibility index (Phi) is 6.07. The maximum Gasteiger partial charge on any atom is 0.108 e. The summed E-state index contributed by atoms with van der Waals surface area (Å²) in [5.41, 5.74) is 24.6. The molecule has 0 radical (unpaired) electrons. The molecule has 2 aromatic heterocycles. The molecule has 0 unspecified atom stereocenters. The van der Waals surface area contributed by atoms with Crippen molar-refractivity contribution in [1.29, 1.82) is 0 Å². The molecule has 0 atom stereocenters. The summed E-state index contributed by atoms with van der Waals surface area (Å²) in [5, 5.41) is 0. The molecule has 0 amide bonds. The van der Waals surface area contributed by atoms with E-state index in [1.807, 2.05) is 23.7 Å². The van der Waals surface area contributed by atoms with Crippen LogP contribution in [0.3, 0.4) is 0 Å². The van der Waals surface area contributed by atoms with Crippen molar-refractivity contribution in [3.63, 3.8) is 0 Å². The topological polar surface area (TPSA) is 25.8 Å². The maximum atomic E-state index is 5.08. The van der Waals surface area contributed by atoms with Gasteiger partial charge < -0.3 is 0 Å². The summed E-state index contributed by atoms with van der Waals surface area (Å²) in [6.07, 6.45) is 3.69. The van der Waals surface area contributed by atoms with Gasteiger partial charge in [0.15, 0.2) is 0 Å². The first-order chi connectivity index (χ1) is 29.3. The zero-order chi connectivity index (χ0) is 38.5. The van der Waals surface area contributed by atoms with Crippen molar-refractivity contribution in [2.24, 2.45) is 0 Å². The highest BCUT2D eigenvalue weighted by Crippen LogP contribution is 2.65. The second-order valence-corrected chi connectivity index (χ2v) is 17.3. The number of hydrogen-bond donors (Lipinski definition) is 0. The first-order valence-electron chi connectivity index (χ1n) is 20.4. The highest BCUT2D eigenvalue weighted by Gasteiger charge is 2.53. The van der Waals surface area contributed by atoms with Crippen LogP contribution in [0, 0.1) is 0 Å². The number of nitrogens with zero attached hydrogens (tertiary/aromatic N) is 2. The Bertz CT molecular complexity index is 3120. The largest absolute Gasteiger partial charge is 0.251 e. The summed E-state index contributed by atoms with van der Waals surface area (Å²) in [5.74, 6) is 0. The predicted molar refractivity (Wildman–Crippen MR) is 241 cm³/mol. The van der Waals surface area contributed by atoms with Crippen molar-refractivity contribution >= 4 is 22.4 Å². The molecule has 59 heavy (non-hydrogen) atoms. The molecule has 3 heteroatoms. The molecular formula is C56H32N2S. The van der Waals surface area contributed by atoms with E-state index in [1.54, 1.807) is 0 Å². The highest BCUT2D eigenvalue weighted by molar-refractivity contribution is 7.20. The van der Waals surface area contributed by atoms with Crippen LogP contribution in [0.5, 0.6) is 0 Å². The molecule has 0 saturated heterocycles. The van der Waals surface area contributed by atoms with Crippen molar-refractivity contribution in [2.75, 3.05) is 0 Å². The Morgan fingerprint density at radius 3 is 0.864 bits per heavy atom. The molecule has 0 fully saturated rings. The average molecular weight is 765 g/mol. The van der Waals surface area contributed by atoms with Crippen molar-refractivity contribution in [3.8, 4) is 65.4 Å². The first-order valence-corrected chi connectivity index (χ1v) is 21.2. The van der Waals surface area contributed by atoms with Gasteiger partial charge in [-0.1, -0.05) is 170 Å². The normalized spacial score (nSPS) is 14.7. The maximum absolute atomic E-state index is 5.08. The lowest BCUT2D eigenvalue weighted by Gasteiger charge is -2.30. The van der Waals surface area contributed by atoms with Crippen molar-refractivity contribution in [2.45, 2.75) is 10.8 Å². The lowest BCUT2D eigenvalue weighted by molar-refractivity contribution is 0.794. The van der Waals surface area contributed by atoms with Gasteiger partial charge in [0.2, 0.25) is 0 Å². The fourth-order valence-electron chi connectivity index (χ4n) is 11.7. The molecule has 2 nitrogen and oxygen atoms in total. The lowest BCUT2D eigenvalue weighted by Crippen LogP contribution is -2.25. The number of aromatic nitrogens is 2. The van der Waals surface area contributed by atoms with Gasteiger partial charge >= 0.3 is 0 Å². The zero-order valence-electron chi connectivity index (χ0n) is 31.8. The average Bonchev–Trinajstić information content (AvgIpc) is 4.08. The van der Waals surface area contributed by atoms with Crippen molar-refractivity contribution in [3.05, 3.63) is 239 Å². The minimum Gasteiger partial charge on any atom is -0.251 e. The van der Waals surface area contributed by atoms with E-state index in [1.165, 1.54) is 100 Å². The molecule has 0 N–H and O–H groups in total. The van der Waals surface area contributed by atoms with Gasteiger partial charge in [0.05, 0.1) is 20.6 Å². The summed E-state index contributed by atoms with van der Waals surface area (Å²) in [4.78, 5) is 12.5. The van der Waals surface area contributed by atoms with Crippen LogP contribution < -0.4 is 0 Å². The molecule has 0 aliphatic heterocycles. The predicted octanol–water partition coefficient (Wildman–Crippen LogP) is 13.7. The molecule has 10 aromatic rings. The molecule has 8 aromatic carbocycles. The van der Waals surface area contributed by atoms with Gasteiger partial charge in [-0.3, -0.25) is 9.97 Å². The van der Waals surface area contributed by atoms with E-state index in [4.69, 9.17) is 9.97 Å². The second-order valence-electron chi connectivity index (χ2n) is 16.3. The van der Waals surface area contributed by atoms with E-state index in [0.717, 1.165) is 20.8 Å². The van der Waals surface area contributed by atoms with Crippen LogP contribution in [0.15, 0.2) is 194 Å². The molecule has 272 valence electrons. The Morgan fingerprint density at radius 1 is 0.288 bits per heavy atom. The van der Waals surface area contributed by atoms with E-state index in [-0.39, 0.29) is 0 Å². The Balaban J connectivity index is 0.999. The zero-order valence-corrected chi connectivity index (χ0v) is 32.6. The van der Waals surface area contributed by atoms with Crippen LogP contribution in [0.2, 0.25) is 0 Å². The SMILES string of the molecule is c1ccc2c(c1)-c1ccccc1C21c2ccccc2-c2ccc(-c3sc(-c4ccc5c(c4)C4(c6ccccc6-c6ccccc64)c4ccccc4-5)c4nccnc34)cc21. The van der Waals surface area contributed by atoms with Crippen molar-refractivity contribution < 1.29 is 0 Å². The quantitative estimate of drug-likeness (QED) is 0.175. The number of fused-ring (bicyclic) bond motifs is 21. The summed E-state index contributed by atoms with van der Waals surface area (Å²) >= 11 is 1.82. The minimum absolute atomic E-state index is 0.409. The minimum atomic E-state index is -0.409. The van der Waals surface area contributed by atoms with E-state index < -0.39 is 10.8 Å². The van der Waals surface area contributed by atoms with E-state index in [9.17, 15) is 0 Å². The second kappa shape index (κ2) is 11.3. The molecule has 14 rings (SSSR count). The van der Waals surface area contributed by atoms with Crippen LogP contribution in [0.1, 0.15) is 44.5 Å². The van der Waals surface area contributed by atoms with Gasteiger partial charge in [-0.05, 0) is 112 Å². The summed E-state index contributed by atoms with van der Waals surface area (Å²) in [6.45, 7) is 0. The summed E-state index contributed by atoms with van der Waals surface area (Å²) < 4.78 is 0.